The van der Waals surface area contributed by atoms with E-state index in [0.717, 1.165) is 0 Å². The maximum absolute atomic E-state index is 12.2. The second-order valence-corrected chi connectivity index (χ2v) is 6.11. The number of sulfonamides is 1. The third-order valence-corrected chi connectivity index (χ3v) is 4.75. The largest absolute Gasteiger partial charge is 0.374 e. The van der Waals surface area contributed by atoms with Gasteiger partial charge in [0.1, 0.15) is 4.90 Å². The summed E-state index contributed by atoms with van der Waals surface area (Å²) in [7, 11) is -1.79. The van der Waals surface area contributed by atoms with Crippen molar-refractivity contribution in [3.63, 3.8) is 0 Å². The van der Waals surface area contributed by atoms with E-state index < -0.39 is 10.0 Å². The summed E-state index contributed by atoms with van der Waals surface area (Å²) in [5, 5.41) is 3.87. The summed E-state index contributed by atoms with van der Waals surface area (Å²) in [6, 6.07) is 0. The van der Waals surface area contributed by atoms with E-state index >= 15 is 0 Å². The molecule has 1 aliphatic rings. The number of nitrogens with zero attached hydrogens (tertiary/aromatic N) is 3. The third-order valence-electron chi connectivity index (χ3n) is 2.59. The van der Waals surface area contributed by atoms with Gasteiger partial charge in [-0.15, -0.1) is 11.6 Å². The molecule has 1 aromatic rings. The van der Waals surface area contributed by atoms with Crippen LogP contribution in [0.5, 0.6) is 0 Å². The molecule has 6 nitrogen and oxygen atoms in total. The van der Waals surface area contributed by atoms with Gasteiger partial charge in [-0.25, -0.2) is 8.42 Å². The molecule has 0 radical (unpaired) electrons. The lowest BCUT2D eigenvalue weighted by molar-refractivity contribution is 0.0122. The Bertz CT molecular complexity index is 487. The normalized spacial score (nSPS) is 22.8. The van der Waals surface area contributed by atoms with Crippen LogP contribution in [0.4, 0.5) is 0 Å². The van der Waals surface area contributed by atoms with Gasteiger partial charge in [0.05, 0.1) is 18.9 Å². The predicted molar refractivity (Wildman–Crippen MR) is 62.4 cm³/mol. The summed E-state index contributed by atoms with van der Waals surface area (Å²) in [4.78, 5) is 0.204. The first-order valence-electron chi connectivity index (χ1n) is 5.20. The molecule has 0 amide bonds. The van der Waals surface area contributed by atoms with Crippen LogP contribution in [-0.2, 0) is 21.8 Å². The van der Waals surface area contributed by atoms with Gasteiger partial charge in [0.2, 0.25) is 10.0 Å². The Morgan fingerprint density at radius 1 is 1.65 bits per heavy atom. The molecule has 1 saturated heterocycles. The van der Waals surface area contributed by atoms with Gasteiger partial charge in [-0.3, -0.25) is 4.68 Å². The Morgan fingerprint density at radius 3 is 3.00 bits per heavy atom. The quantitative estimate of drug-likeness (QED) is 0.734. The molecule has 1 fully saturated rings. The van der Waals surface area contributed by atoms with E-state index in [1.807, 2.05) is 0 Å². The van der Waals surface area contributed by atoms with Crippen LogP contribution in [0, 0.1) is 0 Å². The predicted octanol–water partition coefficient (Wildman–Crippen LogP) is 0.0484. The van der Waals surface area contributed by atoms with Crippen molar-refractivity contribution in [1.82, 2.24) is 14.1 Å². The summed E-state index contributed by atoms with van der Waals surface area (Å²) in [5.41, 5.74) is 0. The third kappa shape index (κ3) is 2.62. The summed E-state index contributed by atoms with van der Waals surface area (Å²) < 4.78 is 32.7. The van der Waals surface area contributed by atoms with Crippen molar-refractivity contribution in [2.24, 2.45) is 7.05 Å². The SMILES string of the molecule is Cn1cc(S(=O)(=O)N2CCOC(CCl)C2)cn1. The second-order valence-electron chi connectivity index (χ2n) is 3.86. The minimum atomic E-state index is -3.47. The summed E-state index contributed by atoms with van der Waals surface area (Å²) in [6.07, 6.45) is 2.60. The lowest BCUT2D eigenvalue weighted by atomic mass is 10.3. The first kappa shape index (κ1) is 12.8. The van der Waals surface area contributed by atoms with Gasteiger partial charge >= 0.3 is 0 Å². The summed E-state index contributed by atoms with van der Waals surface area (Å²) >= 11 is 5.68. The second kappa shape index (κ2) is 4.93. The molecule has 0 aromatic carbocycles. The molecule has 2 rings (SSSR count). The maximum Gasteiger partial charge on any atom is 0.246 e. The Morgan fingerprint density at radius 2 is 2.41 bits per heavy atom. The number of hydrogen-bond donors (Lipinski definition) is 0. The highest BCUT2D eigenvalue weighted by Crippen LogP contribution is 2.18. The zero-order valence-corrected chi connectivity index (χ0v) is 11.0. The van der Waals surface area contributed by atoms with Crippen LogP contribution in [0.1, 0.15) is 0 Å². The molecule has 1 unspecified atom stereocenters. The molecular weight excluding hydrogens is 266 g/mol. The summed E-state index contributed by atoms with van der Waals surface area (Å²) in [6.45, 7) is 1.02. The Kier molecular flexibility index (Phi) is 3.72. The van der Waals surface area contributed by atoms with Crippen molar-refractivity contribution in [2.75, 3.05) is 25.6 Å². The van der Waals surface area contributed by atoms with Crippen molar-refractivity contribution in [3.05, 3.63) is 12.4 Å². The minimum Gasteiger partial charge on any atom is -0.374 e. The molecule has 1 atom stereocenters. The van der Waals surface area contributed by atoms with Crippen molar-refractivity contribution in [1.29, 1.82) is 0 Å². The topological polar surface area (TPSA) is 64.4 Å². The minimum absolute atomic E-state index is 0.204. The number of aryl methyl sites for hydroxylation is 1. The van der Waals surface area contributed by atoms with Crippen LogP contribution < -0.4 is 0 Å². The van der Waals surface area contributed by atoms with Gasteiger partial charge in [0.25, 0.3) is 0 Å². The standard InChI is InChI=1S/C9H14ClN3O3S/c1-12-7-9(5-11-12)17(14,15)13-2-3-16-8(4-10)6-13/h5,7-8H,2-4,6H2,1H3. The Hall–Kier alpha value is -0.630. The van der Waals surface area contributed by atoms with Crippen molar-refractivity contribution >= 4 is 21.6 Å². The van der Waals surface area contributed by atoms with E-state index in [-0.39, 0.29) is 11.0 Å². The van der Waals surface area contributed by atoms with E-state index in [2.05, 4.69) is 5.10 Å². The molecular formula is C9H14ClN3O3S. The molecule has 2 heterocycles. The molecule has 1 aromatic heterocycles. The molecule has 0 aliphatic carbocycles. The fourth-order valence-electron chi connectivity index (χ4n) is 1.69. The smallest absolute Gasteiger partial charge is 0.246 e. The average Bonchev–Trinajstić information content (AvgIpc) is 2.76. The number of alkyl halides is 1. The van der Waals surface area contributed by atoms with Gasteiger partial charge in [0, 0.05) is 32.2 Å². The fourth-order valence-corrected chi connectivity index (χ4v) is 3.31. The Labute approximate surface area is 105 Å². The van der Waals surface area contributed by atoms with Crippen molar-refractivity contribution in [3.8, 4) is 0 Å². The molecule has 0 bridgehead atoms. The highest BCUT2D eigenvalue weighted by Gasteiger charge is 2.31. The molecule has 1 aliphatic heterocycles. The van der Waals surface area contributed by atoms with Crippen LogP contribution in [0.3, 0.4) is 0 Å². The monoisotopic (exact) mass is 279 g/mol. The van der Waals surface area contributed by atoms with E-state index in [1.165, 1.54) is 21.4 Å². The fraction of sp³-hybridized carbons (Fsp3) is 0.667. The van der Waals surface area contributed by atoms with Crippen molar-refractivity contribution < 1.29 is 13.2 Å². The number of aromatic nitrogens is 2. The molecule has 0 N–H and O–H groups in total. The number of hydrogen-bond acceptors (Lipinski definition) is 4. The molecule has 17 heavy (non-hydrogen) atoms. The van der Waals surface area contributed by atoms with Crippen molar-refractivity contribution in [2.45, 2.75) is 11.0 Å². The van der Waals surface area contributed by atoms with Gasteiger partial charge in [-0.2, -0.15) is 9.40 Å². The first-order chi connectivity index (χ1) is 8.04. The average molecular weight is 280 g/mol. The summed E-state index contributed by atoms with van der Waals surface area (Å²) in [5.74, 6) is 0.291. The van der Waals surface area contributed by atoms with E-state index in [0.29, 0.717) is 25.6 Å². The van der Waals surface area contributed by atoms with Gasteiger partial charge < -0.3 is 4.74 Å². The zero-order valence-electron chi connectivity index (χ0n) is 9.41. The van der Waals surface area contributed by atoms with Crippen LogP contribution >= 0.6 is 11.6 Å². The lowest BCUT2D eigenvalue weighted by Gasteiger charge is -2.30. The number of morpholine rings is 1. The number of rotatable bonds is 3. The highest BCUT2D eigenvalue weighted by molar-refractivity contribution is 7.89. The van der Waals surface area contributed by atoms with E-state index in [1.54, 1.807) is 7.05 Å². The molecule has 0 saturated carbocycles. The van der Waals surface area contributed by atoms with Gasteiger partial charge in [0.15, 0.2) is 0 Å². The van der Waals surface area contributed by atoms with Crippen LogP contribution in [0.25, 0.3) is 0 Å². The molecule has 96 valence electrons. The zero-order chi connectivity index (χ0) is 12.5. The van der Waals surface area contributed by atoms with Gasteiger partial charge in [-0.05, 0) is 0 Å². The first-order valence-corrected chi connectivity index (χ1v) is 7.18. The molecule has 0 spiro atoms. The van der Waals surface area contributed by atoms with Crippen LogP contribution in [-0.4, -0.2) is 54.2 Å². The highest BCUT2D eigenvalue weighted by atomic mass is 35.5. The van der Waals surface area contributed by atoms with Crippen LogP contribution in [0.2, 0.25) is 0 Å². The Balaban J connectivity index is 2.21. The van der Waals surface area contributed by atoms with E-state index in [4.69, 9.17) is 16.3 Å². The van der Waals surface area contributed by atoms with Crippen LogP contribution in [0.15, 0.2) is 17.3 Å². The van der Waals surface area contributed by atoms with E-state index in [9.17, 15) is 8.42 Å². The maximum atomic E-state index is 12.2. The van der Waals surface area contributed by atoms with Gasteiger partial charge in [-0.1, -0.05) is 0 Å². The lowest BCUT2D eigenvalue weighted by Crippen LogP contribution is -2.46. The number of halogens is 1. The number of ether oxygens (including phenoxy) is 1. The molecule has 8 heteroatoms.